The maximum atomic E-state index is 10.3. The normalized spacial score (nSPS) is 55.8. The minimum Gasteiger partial charge on any atom is -0.391 e. The Kier molecular flexibility index (Phi) is 5.50. The molecule has 0 spiro atoms. The summed E-state index contributed by atoms with van der Waals surface area (Å²) in [7, 11) is 0. The van der Waals surface area contributed by atoms with Gasteiger partial charge < -0.3 is 40.1 Å². The molecular weight excluding hydrogens is 378 g/mol. The molecule has 6 N–H and O–H groups in total. The highest BCUT2D eigenvalue weighted by atomic mass is 35.5. The van der Waals surface area contributed by atoms with E-state index in [1.54, 1.807) is 6.92 Å². The third kappa shape index (κ3) is 2.98. The van der Waals surface area contributed by atoms with Crippen molar-refractivity contribution in [3.8, 4) is 0 Å². The zero-order valence-electron chi connectivity index (χ0n) is 12.0. The number of aliphatic hydroxyl groups is 6. The van der Waals surface area contributed by atoms with Gasteiger partial charge in [0.25, 0.3) is 0 Å². The van der Waals surface area contributed by atoms with Crippen molar-refractivity contribution in [1.29, 1.82) is 0 Å². The van der Waals surface area contributed by atoms with Crippen LogP contribution in [0.5, 0.6) is 0 Å². The van der Waals surface area contributed by atoms with E-state index in [-0.39, 0.29) is 6.42 Å². The molecule has 2 aliphatic rings. The summed E-state index contributed by atoms with van der Waals surface area (Å²) in [6.45, 7) is 0.534. The zero-order valence-corrected chi connectivity index (χ0v) is 14.3. The molecule has 9 atom stereocenters. The van der Waals surface area contributed by atoms with Gasteiger partial charge in [-0.05, 0) is 6.92 Å². The average Bonchev–Trinajstić information content (AvgIpc) is 2.69. The van der Waals surface area contributed by atoms with E-state index in [9.17, 15) is 25.5 Å². The van der Waals surface area contributed by atoms with E-state index in [0.717, 1.165) is 0 Å². The standard InChI is InChI=1S/C12H19Cl3O8/c1-4-2-5(17)11(14,21)12(15,22-4)8(13)7-6(18)9(19)10(20,3-16)23-7/h4-9,16-21H,2-3H2,1H3/t4-,5+,6-,7+,8?,9+,10-,11-,12-/m1/s1. The number of hydrogen-bond acceptors (Lipinski definition) is 8. The molecule has 0 bridgehead atoms. The SMILES string of the molecule is C[C@@H]1C[C@H](O)[C@](O)(Cl)[C@@](Cl)(C(Cl)[C@H]2O[C@](O)(CO)[C@@H](O)[C@@H]2O)O1. The molecule has 0 saturated carbocycles. The third-order valence-electron chi connectivity index (χ3n) is 4.18. The molecule has 2 aliphatic heterocycles. The summed E-state index contributed by atoms with van der Waals surface area (Å²) in [5, 5.41) is 52.6. The van der Waals surface area contributed by atoms with Crippen LogP contribution in [0.4, 0.5) is 0 Å². The van der Waals surface area contributed by atoms with Crippen LogP contribution < -0.4 is 0 Å². The number of aliphatic hydroxyl groups excluding tert-OH is 4. The Bertz CT molecular complexity index is 454. The molecule has 2 rings (SSSR count). The van der Waals surface area contributed by atoms with E-state index in [2.05, 4.69) is 0 Å². The molecule has 2 saturated heterocycles. The van der Waals surface area contributed by atoms with Crippen molar-refractivity contribution in [3.05, 3.63) is 0 Å². The monoisotopic (exact) mass is 396 g/mol. The maximum Gasteiger partial charge on any atom is 0.219 e. The first-order chi connectivity index (χ1) is 10.4. The van der Waals surface area contributed by atoms with Gasteiger partial charge >= 0.3 is 0 Å². The molecule has 8 nitrogen and oxygen atoms in total. The van der Waals surface area contributed by atoms with Gasteiger partial charge in [-0.15, -0.1) is 11.6 Å². The van der Waals surface area contributed by atoms with E-state index in [1.807, 2.05) is 0 Å². The molecule has 136 valence electrons. The van der Waals surface area contributed by atoms with Crippen molar-refractivity contribution in [2.45, 2.75) is 65.1 Å². The zero-order chi connectivity index (χ0) is 17.8. The van der Waals surface area contributed by atoms with E-state index >= 15 is 0 Å². The topological polar surface area (TPSA) is 140 Å². The summed E-state index contributed by atoms with van der Waals surface area (Å²) in [4.78, 5) is 0. The highest BCUT2D eigenvalue weighted by molar-refractivity contribution is 6.38. The van der Waals surface area contributed by atoms with Crippen LogP contribution in [0.15, 0.2) is 0 Å². The molecule has 2 fully saturated rings. The van der Waals surface area contributed by atoms with Gasteiger partial charge in [0.1, 0.15) is 29.8 Å². The Labute approximate surface area is 147 Å². The minimum absolute atomic E-state index is 0.0185. The summed E-state index contributed by atoms with van der Waals surface area (Å²) in [6, 6.07) is 0. The minimum atomic E-state index is -2.53. The van der Waals surface area contributed by atoms with Crippen molar-refractivity contribution in [3.63, 3.8) is 0 Å². The molecule has 23 heavy (non-hydrogen) atoms. The van der Waals surface area contributed by atoms with Crippen LogP contribution in [0.3, 0.4) is 0 Å². The van der Waals surface area contributed by atoms with Crippen LogP contribution in [0.1, 0.15) is 13.3 Å². The number of hydrogen-bond donors (Lipinski definition) is 6. The Morgan fingerprint density at radius 2 is 1.74 bits per heavy atom. The molecule has 0 aliphatic carbocycles. The third-order valence-corrected chi connectivity index (χ3v) is 6.09. The molecule has 0 aromatic heterocycles. The van der Waals surface area contributed by atoms with Crippen LogP contribution in [-0.2, 0) is 9.47 Å². The molecule has 1 unspecified atom stereocenters. The van der Waals surface area contributed by atoms with E-state index in [1.165, 1.54) is 0 Å². The van der Waals surface area contributed by atoms with E-state index in [4.69, 9.17) is 49.4 Å². The summed E-state index contributed by atoms with van der Waals surface area (Å²) >= 11 is 18.3. The van der Waals surface area contributed by atoms with Gasteiger partial charge in [0.05, 0.1) is 12.7 Å². The first-order valence-electron chi connectivity index (χ1n) is 6.88. The predicted molar refractivity (Wildman–Crippen MR) is 79.1 cm³/mol. The molecule has 2 heterocycles. The summed E-state index contributed by atoms with van der Waals surface area (Å²) in [5.74, 6) is -2.46. The molecule has 0 radical (unpaired) electrons. The predicted octanol–water partition coefficient (Wildman–Crippen LogP) is -1.57. The maximum absolute atomic E-state index is 10.3. The molecule has 11 heteroatoms. The van der Waals surface area contributed by atoms with E-state index < -0.39 is 58.4 Å². The number of halogens is 3. The van der Waals surface area contributed by atoms with Gasteiger partial charge in [0.15, 0.2) is 0 Å². The van der Waals surface area contributed by atoms with Gasteiger partial charge in [-0.1, -0.05) is 23.2 Å². The highest BCUT2D eigenvalue weighted by Gasteiger charge is 2.67. The van der Waals surface area contributed by atoms with Crippen molar-refractivity contribution in [1.82, 2.24) is 0 Å². The summed E-state index contributed by atoms with van der Waals surface area (Å²) in [6.07, 6.45) is -7.34. The first kappa shape index (κ1) is 19.9. The van der Waals surface area contributed by atoms with Gasteiger partial charge in [-0.3, -0.25) is 0 Å². The van der Waals surface area contributed by atoms with Gasteiger partial charge in [-0.25, -0.2) is 0 Å². The van der Waals surface area contributed by atoms with Crippen molar-refractivity contribution >= 4 is 34.8 Å². The first-order valence-corrected chi connectivity index (χ1v) is 8.07. The van der Waals surface area contributed by atoms with Crippen molar-refractivity contribution < 1.29 is 40.1 Å². The number of ether oxygens (including phenoxy) is 2. The van der Waals surface area contributed by atoms with E-state index in [0.29, 0.717) is 0 Å². The smallest absolute Gasteiger partial charge is 0.219 e. The molecular formula is C12H19Cl3O8. The Morgan fingerprint density at radius 3 is 2.22 bits per heavy atom. The number of rotatable bonds is 3. The molecule has 0 aromatic rings. The van der Waals surface area contributed by atoms with Crippen LogP contribution in [0.25, 0.3) is 0 Å². The van der Waals surface area contributed by atoms with Crippen molar-refractivity contribution in [2.75, 3.05) is 6.61 Å². The van der Waals surface area contributed by atoms with Crippen LogP contribution >= 0.6 is 34.8 Å². The number of alkyl halides is 3. The second-order valence-corrected chi connectivity index (χ2v) is 7.53. The van der Waals surface area contributed by atoms with Gasteiger partial charge in [-0.2, -0.15) is 0 Å². The summed E-state index contributed by atoms with van der Waals surface area (Å²) in [5.41, 5.74) is 0. The van der Waals surface area contributed by atoms with Gasteiger partial charge in [0.2, 0.25) is 15.9 Å². The fourth-order valence-corrected chi connectivity index (χ4v) is 3.90. The van der Waals surface area contributed by atoms with Crippen LogP contribution in [0.2, 0.25) is 0 Å². The van der Waals surface area contributed by atoms with Gasteiger partial charge in [0, 0.05) is 6.42 Å². The van der Waals surface area contributed by atoms with Crippen molar-refractivity contribution in [2.24, 2.45) is 0 Å². The second kappa shape index (κ2) is 6.37. The fraction of sp³-hybridized carbons (Fsp3) is 1.00. The lowest BCUT2D eigenvalue weighted by Gasteiger charge is -2.50. The lowest BCUT2D eigenvalue weighted by atomic mass is 9.91. The second-order valence-electron chi connectivity index (χ2n) is 5.92. The Balaban J connectivity index is 2.33. The lowest BCUT2D eigenvalue weighted by molar-refractivity contribution is -0.257. The highest BCUT2D eigenvalue weighted by Crippen LogP contribution is 2.50. The molecule has 0 aromatic carbocycles. The average molecular weight is 398 g/mol. The molecule has 0 amide bonds. The Morgan fingerprint density at radius 1 is 1.17 bits per heavy atom. The Hall–Kier alpha value is 0.550. The largest absolute Gasteiger partial charge is 0.391 e. The fourth-order valence-electron chi connectivity index (χ4n) is 2.78. The summed E-state index contributed by atoms with van der Waals surface area (Å²) < 4.78 is 10.4. The lowest BCUT2D eigenvalue weighted by Crippen LogP contribution is -2.67. The van der Waals surface area contributed by atoms with Crippen LogP contribution in [0, 0.1) is 0 Å². The quantitative estimate of drug-likeness (QED) is 0.314. The van der Waals surface area contributed by atoms with Crippen LogP contribution in [-0.4, -0.2) is 89.1 Å².